The van der Waals surface area contributed by atoms with Gasteiger partial charge in [-0.1, -0.05) is 20.3 Å². The fourth-order valence-electron chi connectivity index (χ4n) is 1.44. The Balaban J connectivity index is 3.47. The molecule has 0 spiro atoms. The molecule has 0 aliphatic heterocycles. The summed E-state index contributed by atoms with van der Waals surface area (Å²) < 4.78 is 5.25. The monoisotopic (exact) mass is 230 g/mol. The molecule has 0 heterocycles. The highest BCUT2D eigenvalue weighted by Crippen LogP contribution is 2.04. The van der Waals surface area contributed by atoms with Crippen molar-refractivity contribution in [3.8, 4) is 0 Å². The van der Waals surface area contributed by atoms with Crippen molar-refractivity contribution in [2.75, 3.05) is 26.3 Å². The first-order valence-corrected chi connectivity index (χ1v) is 6.29. The number of hydrogen-bond acceptors (Lipinski definition) is 3. The van der Waals surface area contributed by atoms with Crippen LogP contribution in [0.2, 0.25) is 0 Å². The normalized spacial score (nSPS) is 12.4. The number of nitrogens with one attached hydrogen (secondary N) is 1. The summed E-state index contributed by atoms with van der Waals surface area (Å²) in [5, 5.41) is 2.92. The van der Waals surface area contributed by atoms with E-state index in [-0.39, 0.29) is 5.91 Å². The number of amides is 1. The van der Waals surface area contributed by atoms with Gasteiger partial charge in [0, 0.05) is 19.6 Å². The van der Waals surface area contributed by atoms with E-state index in [1.54, 1.807) is 0 Å². The zero-order valence-corrected chi connectivity index (χ0v) is 10.6. The third kappa shape index (κ3) is 8.68. The Labute approximate surface area is 98.9 Å². The van der Waals surface area contributed by atoms with Crippen molar-refractivity contribution in [1.29, 1.82) is 0 Å². The van der Waals surface area contributed by atoms with Crippen LogP contribution in [-0.2, 0) is 9.53 Å². The second kappa shape index (κ2) is 10.9. The minimum absolute atomic E-state index is 0.0755. The molecule has 0 rings (SSSR count). The van der Waals surface area contributed by atoms with E-state index in [0.717, 1.165) is 32.4 Å². The molecule has 0 aromatic heterocycles. The number of hydrogen-bond donors (Lipinski definition) is 2. The summed E-state index contributed by atoms with van der Waals surface area (Å²) in [6.07, 6.45) is 3.49. The highest BCUT2D eigenvalue weighted by Gasteiger charge is 2.07. The van der Waals surface area contributed by atoms with Crippen molar-refractivity contribution in [2.24, 2.45) is 11.7 Å². The molecular weight excluding hydrogens is 204 g/mol. The number of carbonyl (C=O) groups excluding carboxylic acids is 1. The number of nitrogens with two attached hydrogens (primary N) is 1. The first-order valence-electron chi connectivity index (χ1n) is 6.29. The Morgan fingerprint density at radius 3 is 2.69 bits per heavy atom. The summed E-state index contributed by atoms with van der Waals surface area (Å²) in [6, 6.07) is 0. The van der Waals surface area contributed by atoms with Crippen LogP contribution in [-0.4, -0.2) is 32.2 Å². The van der Waals surface area contributed by atoms with E-state index >= 15 is 0 Å². The second-order valence-electron chi connectivity index (χ2n) is 4.02. The fraction of sp³-hybridized carbons (Fsp3) is 0.917. The first-order chi connectivity index (χ1) is 7.74. The third-order valence-corrected chi connectivity index (χ3v) is 2.56. The minimum Gasteiger partial charge on any atom is -0.381 e. The Morgan fingerprint density at radius 1 is 1.38 bits per heavy atom. The topological polar surface area (TPSA) is 64.3 Å². The van der Waals surface area contributed by atoms with Crippen LogP contribution in [0.1, 0.15) is 39.5 Å². The number of rotatable bonds is 10. The van der Waals surface area contributed by atoms with E-state index in [1.165, 1.54) is 0 Å². The van der Waals surface area contributed by atoms with Crippen LogP contribution >= 0.6 is 0 Å². The highest BCUT2D eigenvalue weighted by molar-refractivity contribution is 5.75. The van der Waals surface area contributed by atoms with Gasteiger partial charge in [0.1, 0.15) is 0 Å². The van der Waals surface area contributed by atoms with E-state index in [1.807, 2.05) is 0 Å². The van der Waals surface area contributed by atoms with Crippen molar-refractivity contribution >= 4 is 5.91 Å². The summed E-state index contributed by atoms with van der Waals surface area (Å²) in [4.78, 5) is 11.4. The molecule has 0 fully saturated rings. The number of ether oxygens (including phenoxy) is 1. The Bertz CT molecular complexity index is 174. The average Bonchev–Trinajstić information content (AvgIpc) is 2.30. The maximum atomic E-state index is 11.4. The predicted molar refractivity (Wildman–Crippen MR) is 66.2 cm³/mol. The van der Waals surface area contributed by atoms with Gasteiger partial charge in [-0.3, -0.25) is 4.79 Å². The maximum Gasteiger partial charge on any atom is 0.222 e. The molecule has 1 amide bonds. The van der Waals surface area contributed by atoms with Gasteiger partial charge in [-0.05, 0) is 25.3 Å². The summed E-state index contributed by atoms with van der Waals surface area (Å²) in [5.41, 5.74) is 5.49. The molecule has 96 valence electrons. The molecule has 1 unspecified atom stereocenters. The smallest absolute Gasteiger partial charge is 0.222 e. The summed E-state index contributed by atoms with van der Waals surface area (Å²) >= 11 is 0. The van der Waals surface area contributed by atoms with E-state index in [4.69, 9.17) is 10.5 Å². The lowest BCUT2D eigenvalue weighted by molar-refractivity contribution is -0.122. The van der Waals surface area contributed by atoms with Crippen LogP contribution < -0.4 is 11.1 Å². The van der Waals surface area contributed by atoms with Crippen LogP contribution in [0, 0.1) is 5.92 Å². The molecule has 0 saturated carbocycles. The lowest BCUT2D eigenvalue weighted by Crippen LogP contribution is -2.30. The molecule has 0 aliphatic rings. The summed E-state index contributed by atoms with van der Waals surface area (Å²) in [5.74, 6) is 0.581. The van der Waals surface area contributed by atoms with E-state index in [2.05, 4.69) is 19.2 Å². The highest BCUT2D eigenvalue weighted by atomic mass is 16.5. The molecule has 0 aromatic rings. The quantitative estimate of drug-likeness (QED) is 0.556. The van der Waals surface area contributed by atoms with Crippen LogP contribution in [0.15, 0.2) is 0 Å². The van der Waals surface area contributed by atoms with E-state index < -0.39 is 0 Å². The van der Waals surface area contributed by atoms with Gasteiger partial charge >= 0.3 is 0 Å². The largest absolute Gasteiger partial charge is 0.381 e. The van der Waals surface area contributed by atoms with Gasteiger partial charge in [-0.25, -0.2) is 0 Å². The van der Waals surface area contributed by atoms with Gasteiger partial charge in [0.15, 0.2) is 0 Å². The Hall–Kier alpha value is -0.610. The van der Waals surface area contributed by atoms with Gasteiger partial charge in [-0.2, -0.15) is 0 Å². The first kappa shape index (κ1) is 15.4. The van der Waals surface area contributed by atoms with Gasteiger partial charge in [-0.15, -0.1) is 0 Å². The minimum atomic E-state index is 0.0755. The Kier molecular flexibility index (Phi) is 10.5. The fourth-order valence-corrected chi connectivity index (χ4v) is 1.44. The zero-order chi connectivity index (χ0) is 12.2. The van der Waals surface area contributed by atoms with Crippen molar-refractivity contribution in [2.45, 2.75) is 39.5 Å². The standard InChI is InChI=1S/C12H26N2O2/c1-3-8-16-9-6-12(15)14-10-11(4-2)5-7-13/h11H,3-10,13H2,1-2H3,(H,14,15). The van der Waals surface area contributed by atoms with Gasteiger partial charge in [0.2, 0.25) is 5.91 Å². The van der Waals surface area contributed by atoms with Gasteiger partial charge in [0.25, 0.3) is 0 Å². The lowest BCUT2D eigenvalue weighted by atomic mass is 10.0. The number of carbonyl (C=O) groups is 1. The Morgan fingerprint density at radius 2 is 2.12 bits per heavy atom. The average molecular weight is 230 g/mol. The molecule has 16 heavy (non-hydrogen) atoms. The molecule has 4 heteroatoms. The second-order valence-corrected chi connectivity index (χ2v) is 4.02. The van der Waals surface area contributed by atoms with Gasteiger partial charge in [0.05, 0.1) is 6.61 Å². The maximum absolute atomic E-state index is 11.4. The van der Waals surface area contributed by atoms with Crippen LogP contribution in [0.25, 0.3) is 0 Å². The predicted octanol–water partition coefficient (Wildman–Crippen LogP) is 1.29. The van der Waals surface area contributed by atoms with E-state index in [0.29, 0.717) is 25.5 Å². The van der Waals surface area contributed by atoms with Gasteiger partial charge < -0.3 is 15.8 Å². The van der Waals surface area contributed by atoms with E-state index in [9.17, 15) is 4.79 Å². The molecule has 3 N–H and O–H groups in total. The molecule has 4 nitrogen and oxygen atoms in total. The summed E-state index contributed by atoms with van der Waals surface area (Å²) in [6.45, 7) is 6.86. The SMILES string of the molecule is CCCOCCC(=O)NCC(CC)CCN. The van der Waals surface area contributed by atoms with Crippen LogP contribution in [0.4, 0.5) is 0 Å². The zero-order valence-electron chi connectivity index (χ0n) is 10.6. The molecule has 0 aliphatic carbocycles. The van der Waals surface area contributed by atoms with Crippen LogP contribution in [0.3, 0.4) is 0 Å². The molecule has 0 radical (unpaired) electrons. The molecule has 0 saturated heterocycles. The van der Waals surface area contributed by atoms with Crippen molar-refractivity contribution < 1.29 is 9.53 Å². The van der Waals surface area contributed by atoms with Crippen molar-refractivity contribution in [3.63, 3.8) is 0 Å². The van der Waals surface area contributed by atoms with Crippen LogP contribution in [0.5, 0.6) is 0 Å². The molecule has 0 bridgehead atoms. The molecule has 1 atom stereocenters. The lowest BCUT2D eigenvalue weighted by Gasteiger charge is -2.14. The molecule has 0 aromatic carbocycles. The van der Waals surface area contributed by atoms with Crippen molar-refractivity contribution in [3.05, 3.63) is 0 Å². The summed E-state index contributed by atoms with van der Waals surface area (Å²) in [7, 11) is 0. The molecular formula is C12H26N2O2. The van der Waals surface area contributed by atoms with Crippen molar-refractivity contribution in [1.82, 2.24) is 5.32 Å². The third-order valence-electron chi connectivity index (χ3n) is 2.56.